The van der Waals surface area contributed by atoms with E-state index in [1.54, 1.807) is 0 Å². The summed E-state index contributed by atoms with van der Waals surface area (Å²) in [5.41, 5.74) is 3.42. The number of hydrogen-bond acceptors (Lipinski definition) is 4. The van der Waals surface area contributed by atoms with Crippen LogP contribution in [0.3, 0.4) is 0 Å². The predicted octanol–water partition coefficient (Wildman–Crippen LogP) is 2.08. The molecule has 132 valence electrons. The molecule has 4 heterocycles. The molecule has 1 aliphatic rings. The van der Waals surface area contributed by atoms with Crippen molar-refractivity contribution in [2.45, 2.75) is 33.0 Å². The summed E-state index contributed by atoms with van der Waals surface area (Å²) in [6.07, 6.45) is 6.07. The predicted molar refractivity (Wildman–Crippen MR) is 98.3 cm³/mol. The van der Waals surface area contributed by atoms with Crippen molar-refractivity contribution in [3.63, 3.8) is 0 Å². The molecule has 0 bridgehead atoms. The first kappa shape index (κ1) is 16.3. The van der Waals surface area contributed by atoms with E-state index < -0.39 is 0 Å². The van der Waals surface area contributed by atoms with Crippen LogP contribution in [0.15, 0.2) is 36.8 Å². The Balaban J connectivity index is 1.40. The molecule has 25 heavy (non-hydrogen) atoms. The first-order valence-corrected chi connectivity index (χ1v) is 8.96. The summed E-state index contributed by atoms with van der Waals surface area (Å²) >= 11 is 0. The first-order valence-electron chi connectivity index (χ1n) is 8.96. The van der Waals surface area contributed by atoms with Crippen molar-refractivity contribution in [3.8, 4) is 0 Å². The van der Waals surface area contributed by atoms with Gasteiger partial charge in [-0.1, -0.05) is 6.07 Å². The number of nitrogens with zero attached hydrogens (tertiary/aromatic N) is 6. The number of piperazine rings is 1. The van der Waals surface area contributed by atoms with Crippen molar-refractivity contribution in [3.05, 3.63) is 54.0 Å². The fourth-order valence-corrected chi connectivity index (χ4v) is 3.68. The van der Waals surface area contributed by atoms with Gasteiger partial charge >= 0.3 is 0 Å². The summed E-state index contributed by atoms with van der Waals surface area (Å²) < 4.78 is 4.29. The van der Waals surface area contributed by atoms with Gasteiger partial charge in [-0.25, -0.2) is 9.97 Å². The SMILES string of the molecule is Cc1cccc2nc(CN3CCN(Cc4nccn4C)C(C)C3)cn12. The van der Waals surface area contributed by atoms with Crippen molar-refractivity contribution >= 4 is 5.65 Å². The van der Waals surface area contributed by atoms with Crippen molar-refractivity contribution in [2.75, 3.05) is 19.6 Å². The second-order valence-corrected chi connectivity index (χ2v) is 7.14. The van der Waals surface area contributed by atoms with Gasteiger partial charge in [0.25, 0.3) is 0 Å². The Kier molecular flexibility index (Phi) is 4.31. The molecular weight excluding hydrogens is 312 g/mol. The van der Waals surface area contributed by atoms with Crippen molar-refractivity contribution in [2.24, 2.45) is 7.05 Å². The van der Waals surface area contributed by atoms with Gasteiger partial charge in [-0.05, 0) is 26.0 Å². The van der Waals surface area contributed by atoms with Crippen LogP contribution in [0.4, 0.5) is 0 Å². The zero-order valence-corrected chi connectivity index (χ0v) is 15.3. The maximum absolute atomic E-state index is 4.78. The molecule has 3 aromatic rings. The number of pyridine rings is 1. The molecular formula is C19H26N6. The molecule has 1 saturated heterocycles. The molecule has 0 N–H and O–H groups in total. The fourth-order valence-electron chi connectivity index (χ4n) is 3.68. The largest absolute Gasteiger partial charge is 0.337 e. The Hall–Kier alpha value is -2.18. The quantitative estimate of drug-likeness (QED) is 0.730. The molecule has 0 aliphatic carbocycles. The fraction of sp³-hybridized carbons (Fsp3) is 0.474. The molecule has 6 heteroatoms. The Morgan fingerprint density at radius 1 is 1.20 bits per heavy atom. The zero-order valence-electron chi connectivity index (χ0n) is 15.3. The van der Waals surface area contributed by atoms with Crippen LogP contribution < -0.4 is 0 Å². The van der Waals surface area contributed by atoms with Crippen LogP contribution in [-0.2, 0) is 20.1 Å². The third-order valence-electron chi connectivity index (χ3n) is 5.25. The van der Waals surface area contributed by atoms with E-state index in [9.17, 15) is 0 Å². The van der Waals surface area contributed by atoms with Gasteiger partial charge in [0.05, 0.1) is 12.2 Å². The summed E-state index contributed by atoms with van der Waals surface area (Å²) in [6.45, 7) is 9.48. The molecule has 0 radical (unpaired) electrons. The van der Waals surface area contributed by atoms with Gasteiger partial charge in [0.2, 0.25) is 0 Å². The highest BCUT2D eigenvalue weighted by Gasteiger charge is 2.25. The van der Waals surface area contributed by atoms with Gasteiger partial charge in [-0.15, -0.1) is 0 Å². The maximum Gasteiger partial charge on any atom is 0.137 e. The van der Waals surface area contributed by atoms with Crippen molar-refractivity contribution in [1.82, 2.24) is 28.7 Å². The van der Waals surface area contributed by atoms with E-state index in [0.717, 1.165) is 49.9 Å². The average Bonchev–Trinajstić information content (AvgIpc) is 3.17. The van der Waals surface area contributed by atoms with E-state index in [-0.39, 0.29) is 0 Å². The van der Waals surface area contributed by atoms with Crippen LogP contribution in [0.5, 0.6) is 0 Å². The normalized spacial score (nSPS) is 19.7. The van der Waals surface area contributed by atoms with E-state index in [1.165, 1.54) is 5.69 Å². The summed E-state index contributed by atoms with van der Waals surface area (Å²) in [6, 6.07) is 6.78. The van der Waals surface area contributed by atoms with E-state index in [4.69, 9.17) is 4.98 Å². The number of rotatable bonds is 4. The van der Waals surface area contributed by atoms with Crippen LogP contribution in [0.2, 0.25) is 0 Å². The minimum atomic E-state index is 0.518. The van der Waals surface area contributed by atoms with Crippen LogP contribution in [0.1, 0.15) is 24.1 Å². The highest BCUT2D eigenvalue weighted by molar-refractivity contribution is 5.41. The third-order valence-corrected chi connectivity index (χ3v) is 5.25. The van der Waals surface area contributed by atoms with Gasteiger partial charge in [0.1, 0.15) is 11.5 Å². The summed E-state index contributed by atoms with van der Waals surface area (Å²) in [5, 5.41) is 0. The first-order chi connectivity index (χ1) is 12.1. The molecule has 1 atom stereocenters. The number of fused-ring (bicyclic) bond motifs is 1. The molecule has 1 unspecified atom stereocenters. The van der Waals surface area contributed by atoms with E-state index in [1.807, 2.05) is 12.4 Å². The monoisotopic (exact) mass is 338 g/mol. The van der Waals surface area contributed by atoms with Crippen molar-refractivity contribution < 1.29 is 0 Å². The highest BCUT2D eigenvalue weighted by Crippen LogP contribution is 2.16. The summed E-state index contributed by atoms with van der Waals surface area (Å²) in [4.78, 5) is 14.3. The lowest BCUT2D eigenvalue weighted by molar-refractivity contribution is 0.0701. The molecule has 0 saturated carbocycles. The van der Waals surface area contributed by atoms with Crippen LogP contribution >= 0.6 is 0 Å². The maximum atomic E-state index is 4.78. The van der Waals surface area contributed by atoms with E-state index >= 15 is 0 Å². The molecule has 1 fully saturated rings. The van der Waals surface area contributed by atoms with Crippen LogP contribution in [-0.4, -0.2) is 54.4 Å². The van der Waals surface area contributed by atoms with Gasteiger partial charge in [-0.2, -0.15) is 0 Å². The Morgan fingerprint density at radius 3 is 2.80 bits per heavy atom. The Bertz CT molecular complexity index is 864. The van der Waals surface area contributed by atoms with Gasteiger partial charge in [0, 0.05) is 63.6 Å². The average molecular weight is 338 g/mol. The Labute approximate surface area is 148 Å². The number of imidazole rings is 2. The van der Waals surface area contributed by atoms with Gasteiger partial charge < -0.3 is 8.97 Å². The lowest BCUT2D eigenvalue weighted by atomic mass is 10.2. The lowest BCUT2D eigenvalue weighted by Gasteiger charge is -2.39. The van der Waals surface area contributed by atoms with Crippen LogP contribution in [0.25, 0.3) is 5.65 Å². The highest BCUT2D eigenvalue weighted by atomic mass is 15.3. The minimum absolute atomic E-state index is 0.518. The second-order valence-electron chi connectivity index (χ2n) is 7.14. The van der Waals surface area contributed by atoms with E-state index in [0.29, 0.717) is 6.04 Å². The molecule has 0 aromatic carbocycles. The molecule has 4 rings (SSSR count). The molecule has 6 nitrogen and oxygen atoms in total. The molecule has 0 spiro atoms. The standard InChI is InChI=1S/C19H26N6/c1-15-5-4-6-18-21-17(13-25(15)18)12-23-9-10-24(16(2)11-23)14-19-20-7-8-22(19)3/h4-8,13,16H,9-12,14H2,1-3H3. The molecule has 3 aromatic heterocycles. The summed E-state index contributed by atoms with van der Waals surface area (Å²) in [5.74, 6) is 1.14. The topological polar surface area (TPSA) is 41.6 Å². The summed E-state index contributed by atoms with van der Waals surface area (Å²) in [7, 11) is 2.06. The smallest absolute Gasteiger partial charge is 0.137 e. The van der Waals surface area contributed by atoms with Gasteiger partial charge in [-0.3, -0.25) is 9.80 Å². The third kappa shape index (κ3) is 3.32. The number of aryl methyl sites for hydroxylation is 2. The number of hydrogen-bond donors (Lipinski definition) is 0. The second kappa shape index (κ2) is 6.61. The Morgan fingerprint density at radius 2 is 2.08 bits per heavy atom. The minimum Gasteiger partial charge on any atom is -0.337 e. The van der Waals surface area contributed by atoms with Gasteiger partial charge in [0.15, 0.2) is 0 Å². The van der Waals surface area contributed by atoms with Crippen molar-refractivity contribution in [1.29, 1.82) is 0 Å². The van der Waals surface area contributed by atoms with E-state index in [2.05, 4.69) is 69.0 Å². The molecule has 1 aliphatic heterocycles. The number of aromatic nitrogens is 4. The zero-order chi connectivity index (χ0) is 17.4. The van der Waals surface area contributed by atoms with Crippen LogP contribution in [0, 0.1) is 6.92 Å². The lowest BCUT2D eigenvalue weighted by Crippen LogP contribution is -2.51. The molecule has 0 amide bonds.